The van der Waals surface area contributed by atoms with E-state index in [-0.39, 0.29) is 11.6 Å². The molecule has 0 radical (unpaired) electrons. The summed E-state index contributed by atoms with van der Waals surface area (Å²) in [6, 6.07) is 15.9. The Balaban J connectivity index is 1.67. The summed E-state index contributed by atoms with van der Waals surface area (Å²) in [5.41, 5.74) is 1.50. The summed E-state index contributed by atoms with van der Waals surface area (Å²) < 4.78 is 1.29. The van der Waals surface area contributed by atoms with Crippen LogP contribution in [0.1, 0.15) is 5.69 Å². The summed E-state index contributed by atoms with van der Waals surface area (Å²) >= 11 is 0. The van der Waals surface area contributed by atoms with E-state index >= 15 is 0 Å². The minimum Gasteiger partial charge on any atom is -0.340 e. The number of fused-ring (bicyclic) bond motifs is 1. The molecule has 4 rings (SSSR count). The summed E-state index contributed by atoms with van der Waals surface area (Å²) in [4.78, 5) is 19.0. The fourth-order valence-corrected chi connectivity index (χ4v) is 2.65. The maximum atomic E-state index is 10.8. The summed E-state index contributed by atoms with van der Waals surface area (Å²) in [5.74, 6) is 0.849. The lowest BCUT2D eigenvalue weighted by Crippen LogP contribution is -2.05. The van der Waals surface area contributed by atoms with Gasteiger partial charge in [0.05, 0.1) is 4.92 Å². The lowest BCUT2D eigenvalue weighted by atomic mass is 10.1. The molecule has 8 nitrogen and oxygen atoms in total. The summed E-state index contributed by atoms with van der Waals surface area (Å²) in [6.07, 6.45) is 2.46. The minimum atomic E-state index is -0.506. The third kappa shape index (κ3) is 3.07. The second-order valence-corrected chi connectivity index (χ2v) is 5.78. The highest BCUT2D eigenvalue weighted by Gasteiger charge is 2.12. The number of hydrogen-bond acceptors (Lipinski definition) is 6. The number of aromatic nitrogens is 4. The standard InChI is InChI=1S/C18H14N6O2/c1-12-8-17(21-15-7-6-13-4-2-3-5-14(13)9-15)22-18(20-12)23-11-16(10-19-23)24(25)26/h2-11H,1H3,(H,20,21,22). The Hall–Kier alpha value is -3.81. The molecule has 2 aromatic heterocycles. The van der Waals surface area contributed by atoms with Crippen LogP contribution < -0.4 is 5.32 Å². The Morgan fingerprint density at radius 2 is 1.88 bits per heavy atom. The molecular formula is C18H14N6O2. The van der Waals surface area contributed by atoms with Crippen molar-refractivity contribution in [2.75, 3.05) is 5.32 Å². The summed E-state index contributed by atoms with van der Waals surface area (Å²) in [5, 5.41) is 20.3. The number of nitrogens with one attached hydrogen (secondary N) is 1. The van der Waals surface area contributed by atoms with Crippen molar-refractivity contribution in [2.45, 2.75) is 6.92 Å². The molecule has 0 aliphatic carbocycles. The van der Waals surface area contributed by atoms with Crippen LogP contribution in [0, 0.1) is 17.0 Å². The van der Waals surface area contributed by atoms with Gasteiger partial charge in [0.1, 0.15) is 18.2 Å². The Morgan fingerprint density at radius 1 is 1.08 bits per heavy atom. The number of nitro groups is 1. The first-order chi connectivity index (χ1) is 12.6. The summed E-state index contributed by atoms with van der Waals surface area (Å²) in [6.45, 7) is 1.83. The van der Waals surface area contributed by atoms with E-state index in [9.17, 15) is 10.1 Å². The molecule has 4 aromatic rings. The van der Waals surface area contributed by atoms with E-state index in [1.54, 1.807) is 6.07 Å². The van der Waals surface area contributed by atoms with Crippen LogP contribution in [0.3, 0.4) is 0 Å². The van der Waals surface area contributed by atoms with Crippen molar-refractivity contribution in [1.29, 1.82) is 0 Å². The van der Waals surface area contributed by atoms with E-state index in [0.29, 0.717) is 5.82 Å². The Bertz CT molecular complexity index is 1120. The van der Waals surface area contributed by atoms with Crippen molar-refractivity contribution in [3.8, 4) is 5.95 Å². The normalized spacial score (nSPS) is 10.8. The topological polar surface area (TPSA) is 98.8 Å². The quantitative estimate of drug-likeness (QED) is 0.446. The predicted molar refractivity (Wildman–Crippen MR) is 97.8 cm³/mol. The smallest absolute Gasteiger partial charge is 0.307 e. The number of anilines is 2. The van der Waals surface area contributed by atoms with Gasteiger partial charge >= 0.3 is 5.69 Å². The predicted octanol–water partition coefficient (Wildman–Crippen LogP) is 3.78. The van der Waals surface area contributed by atoms with Gasteiger partial charge < -0.3 is 5.32 Å². The molecule has 0 saturated heterocycles. The van der Waals surface area contributed by atoms with E-state index in [4.69, 9.17) is 0 Å². The second kappa shape index (κ2) is 6.25. The molecule has 0 unspecified atom stereocenters. The molecular weight excluding hydrogens is 332 g/mol. The number of hydrogen-bond donors (Lipinski definition) is 1. The van der Waals surface area contributed by atoms with Gasteiger partial charge in [-0.1, -0.05) is 30.3 Å². The first kappa shape index (κ1) is 15.7. The van der Waals surface area contributed by atoms with E-state index in [0.717, 1.165) is 22.2 Å². The van der Waals surface area contributed by atoms with Crippen molar-refractivity contribution in [3.63, 3.8) is 0 Å². The summed E-state index contributed by atoms with van der Waals surface area (Å²) in [7, 11) is 0. The zero-order valence-electron chi connectivity index (χ0n) is 13.8. The van der Waals surface area contributed by atoms with Crippen LogP contribution in [0.15, 0.2) is 60.9 Å². The van der Waals surface area contributed by atoms with Crippen LogP contribution in [0.2, 0.25) is 0 Å². The molecule has 0 atom stereocenters. The third-order valence-corrected chi connectivity index (χ3v) is 3.85. The molecule has 0 bridgehead atoms. The molecule has 0 spiro atoms. The average Bonchev–Trinajstić information content (AvgIpc) is 3.12. The molecule has 1 N–H and O–H groups in total. The van der Waals surface area contributed by atoms with Gasteiger partial charge in [0.15, 0.2) is 0 Å². The first-order valence-electron chi connectivity index (χ1n) is 7.89. The molecule has 0 aliphatic rings. The number of rotatable bonds is 4. The molecule has 0 saturated carbocycles. The molecule has 2 heterocycles. The minimum absolute atomic E-state index is 0.112. The van der Waals surface area contributed by atoms with Crippen LogP contribution in [0.4, 0.5) is 17.2 Å². The van der Waals surface area contributed by atoms with Gasteiger partial charge in [-0.25, -0.2) is 4.98 Å². The highest BCUT2D eigenvalue weighted by Crippen LogP contribution is 2.22. The highest BCUT2D eigenvalue weighted by molar-refractivity contribution is 5.86. The highest BCUT2D eigenvalue weighted by atomic mass is 16.6. The van der Waals surface area contributed by atoms with Gasteiger partial charge in [0.2, 0.25) is 0 Å². The molecule has 0 amide bonds. The van der Waals surface area contributed by atoms with Crippen molar-refractivity contribution in [3.05, 3.63) is 76.7 Å². The number of benzene rings is 2. The van der Waals surface area contributed by atoms with Crippen molar-refractivity contribution >= 4 is 28.0 Å². The number of aryl methyl sites for hydroxylation is 1. The molecule has 0 fully saturated rings. The van der Waals surface area contributed by atoms with Gasteiger partial charge in [-0.05, 0) is 29.8 Å². The van der Waals surface area contributed by atoms with Gasteiger partial charge in [-0.3, -0.25) is 10.1 Å². The lowest BCUT2D eigenvalue weighted by Gasteiger charge is -2.09. The van der Waals surface area contributed by atoms with E-state index in [1.165, 1.54) is 17.1 Å². The second-order valence-electron chi connectivity index (χ2n) is 5.78. The fourth-order valence-electron chi connectivity index (χ4n) is 2.65. The van der Waals surface area contributed by atoms with Crippen molar-refractivity contribution < 1.29 is 4.92 Å². The number of nitrogens with zero attached hydrogens (tertiary/aromatic N) is 5. The Kier molecular flexibility index (Phi) is 3.77. The van der Waals surface area contributed by atoms with Gasteiger partial charge in [-0.15, -0.1) is 0 Å². The molecule has 2 aromatic carbocycles. The van der Waals surface area contributed by atoms with Crippen molar-refractivity contribution in [2.24, 2.45) is 0 Å². The maximum Gasteiger partial charge on any atom is 0.307 e. The first-order valence-corrected chi connectivity index (χ1v) is 7.89. The van der Waals surface area contributed by atoms with Crippen LogP contribution in [-0.2, 0) is 0 Å². The molecule has 26 heavy (non-hydrogen) atoms. The molecule has 0 aliphatic heterocycles. The zero-order chi connectivity index (χ0) is 18.1. The maximum absolute atomic E-state index is 10.8. The van der Waals surface area contributed by atoms with Crippen LogP contribution in [-0.4, -0.2) is 24.7 Å². The van der Waals surface area contributed by atoms with Crippen LogP contribution in [0.25, 0.3) is 16.7 Å². The van der Waals surface area contributed by atoms with E-state index < -0.39 is 4.92 Å². The molecule has 128 valence electrons. The SMILES string of the molecule is Cc1cc(Nc2ccc3ccccc3c2)nc(-n2cc([N+](=O)[O-])cn2)n1. The van der Waals surface area contributed by atoms with E-state index in [1.807, 2.05) is 43.3 Å². The average molecular weight is 346 g/mol. The van der Waals surface area contributed by atoms with E-state index in [2.05, 4.69) is 26.4 Å². The Morgan fingerprint density at radius 3 is 2.65 bits per heavy atom. The van der Waals surface area contributed by atoms with Crippen LogP contribution in [0.5, 0.6) is 0 Å². The monoisotopic (exact) mass is 346 g/mol. The van der Waals surface area contributed by atoms with Gasteiger partial charge in [-0.2, -0.15) is 14.8 Å². The zero-order valence-corrected chi connectivity index (χ0v) is 13.8. The van der Waals surface area contributed by atoms with Gasteiger partial charge in [0.25, 0.3) is 5.95 Å². The van der Waals surface area contributed by atoms with Gasteiger partial charge in [0, 0.05) is 17.4 Å². The lowest BCUT2D eigenvalue weighted by molar-refractivity contribution is -0.384. The fraction of sp³-hybridized carbons (Fsp3) is 0.0556. The molecule has 8 heteroatoms. The van der Waals surface area contributed by atoms with Crippen LogP contribution >= 0.6 is 0 Å². The third-order valence-electron chi connectivity index (χ3n) is 3.85. The Labute approximate surface area is 148 Å². The van der Waals surface area contributed by atoms with Crippen molar-refractivity contribution in [1.82, 2.24) is 19.7 Å². The largest absolute Gasteiger partial charge is 0.340 e.